The van der Waals surface area contributed by atoms with E-state index in [0.29, 0.717) is 28.5 Å². The Kier molecular flexibility index (Phi) is 5.25. The van der Waals surface area contributed by atoms with Gasteiger partial charge in [0.1, 0.15) is 16.6 Å². The molecule has 1 N–H and O–H groups in total. The number of hydrogen-bond acceptors (Lipinski definition) is 3. The number of carbonyl (C=O) groups excluding carboxylic acids is 1. The molecule has 29 heavy (non-hydrogen) atoms. The van der Waals surface area contributed by atoms with E-state index in [1.165, 1.54) is 16.8 Å². The van der Waals surface area contributed by atoms with Crippen LogP contribution in [0.1, 0.15) is 27.3 Å². The lowest BCUT2D eigenvalue weighted by atomic mass is 10.2. The van der Waals surface area contributed by atoms with Crippen LogP contribution < -0.4 is 5.32 Å². The van der Waals surface area contributed by atoms with E-state index in [1.807, 2.05) is 0 Å². The Morgan fingerprint density at radius 2 is 1.90 bits per heavy atom. The van der Waals surface area contributed by atoms with Crippen LogP contribution in [0.25, 0.3) is 5.65 Å². The van der Waals surface area contributed by atoms with Crippen molar-refractivity contribution in [3.63, 3.8) is 0 Å². The minimum absolute atomic E-state index is 0.228. The number of hydrogen-bond donors (Lipinski definition) is 1. The summed E-state index contributed by atoms with van der Waals surface area (Å²) in [7, 11) is 0. The van der Waals surface area contributed by atoms with Crippen LogP contribution >= 0.6 is 23.2 Å². The fourth-order valence-electron chi connectivity index (χ4n) is 3.04. The van der Waals surface area contributed by atoms with Crippen LogP contribution in [0.5, 0.6) is 0 Å². The van der Waals surface area contributed by atoms with Gasteiger partial charge in [0.2, 0.25) is 0 Å². The predicted molar refractivity (Wildman–Crippen MR) is 109 cm³/mol. The molecule has 0 unspecified atom stereocenters. The molecular formula is C20H16Cl2FN5O. The summed E-state index contributed by atoms with van der Waals surface area (Å²) in [6.07, 6.45) is 3.55. The van der Waals surface area contributed by atoms with Crippen LogP contribution in [0.4, 0.5) is 4.39 Å². The van der Waals surface area contributed by atoms with Gasteiger partial charge < -0.3 is 9.72 Å². The third-order valence-corrected chi connectivity index (χ3v) is 5.04. The summed E-state index contributed by atoms with van der Waals surface area (Å²) in [4.78, 5) is 17.1. The van der Waals surface area contributed by atoms with Crippen molar-refractivity contribution in [2.75, 3.05) is 0 Å². The maximum Gasteiger partial charge on any atom is 0.256 e. The van der Waals surface area contributed by atoms with Crippen molar-refractivity contribution >= 4 is 34.8 Å². The van der Waals surface area contributed by atoms with E-state index in [9.17, 15) is 9.18 Å². The topological polar surface area (TPSA) is 64.2 Å². The number of aryl methyl sites for hydroxylation is 1. The maximum atomic E-state index is 13.1. The van der Waals surface area contributed by atoms with Crippen LogP contribution in [0.3, 0.4) is 0 Å². The number of rotatable bonds is 5. The van der Waals surface area contributed by atoms with Crippen molar-refractivity contribution < 1.29 is 9.18 Å². The molecule has 0 aliphatic carbocycles. The Balaban J connectivity index is 1.49. The van der Waals surface area contributed by atoms with E-state index < -0.39 is 0 Å². The zero-order chi connectivity index (χ0) is 20.5. The maximum absolute atomic E-state index is 13.1. The van der Waals surface area contributed by atoms with Crippen LogP contribution in [0.15, 0.2) is 48.8 Å². The number of carbonyl (C=O) groups is 1. The average molecular weight is 432 g/mol. The lowest BCUT2D eigenvalue weighted by molar-refractivity contribution is 0.0950. The van der Waals surface area contributed by atoms with Crippen molar-refractivity contribution in [3.05, 3.63) is 87.3 Å². The second-order valence-corrected chi connectivity index (χ2v) is 7.36. The molecule has 4 rings (SSSR count). The number of pyridine rings is 1. The second kappa shape index (κ2) is 7.85. The SMILES string of the molecule is Cc1nn(Cc2ccc(F)cc2)c(Cl)c1C(=O)NCc1cn2cc(Cl)ccc2n1. The van der Waals surface area contributed by atoms with Gasteiger partial charge in [-0.25, -0.2) is 14.1 Å². The van der Waals surface area contributed by atoms with Crippen molar-refractivity contribution in [2.45, 2.75) is 20.0 Å². The monoisotopic (exact) mass is 431 g/mol. The van der Waals surface area contributed by atoms with Gasteiger partial charge in [0.05, 0.1) is 35.1 Å². The Hall–Kier alpha value is -2.90. The quantitative estimate of drug-likeness (QED) is 0.513. The molecule has 6 nitrogen and oxygen atoms in total. The van der Waals surface area contributed by atoms with Gasteiger partial charge in [-0.05, 0) is 36.8 Å². The zero-order valence-corrected chi connectivity index (χ0v) is 16.9. The highest BCUT2D eigenvalue weighted by atomic mass is 35.5. The molecule has 1 amide bonds. The van der Waals surface area contributed by atoms with Gasteiger partial charge >= 0.3 is 0 Å². The molecule has 0 atom stereocenters. The van der Waals surface area contributed by atoms with Gasteiger partial charge in [-0.15, -0.1) is 0 Å². The van der Waals surface area contributed by atoms with Crippen molar-refractivity contribution in [1.82, 2.24) is 24.5 Å². The highest BCUT2D eigenvalue weighted by Crippen LogP contribution is 2.21. The third kappa shape index (κ3) is 4.11. The Morgan fingerprint density at radius 3 is 2.66 bits per heavy atom. The van der Waals surface area contributed by atoms with Crippen LogP contribution in [-0.4, -0.2) is 25.1 Å². The van der Waals surface area contributed by atoms with Crippen molar-refractivity contribution in [2.24, 2.45) is 0 Å². The van der Waals surface area contributed by atoms with Gasteiger partial charge in [-0.1, -0.05) is 35.3 Å². The fourth-order valence-corrected chi connectivity index (χ4v) is 3.53. The second-order valence-electron chi connectivity index (χ2n) is 6.56. The molecular weight excluding hydrogens is 416 g/mol. The minimum atomic E-state index is -0.340. The van der Waals surface area contributed by atoms with Gasteiger partial charge in [-0.2, -0.15) is 5.10 Å². The summed E-state index contributed by atoms with van der Waals surface area (Å²) >= 11 is 12.4. The molecule has 0 bridgehead atoms. The Morgan fingerprint density at radius 1 is 1.14 bits per heavy atom. The first-order valence-electron chi connectivity index (χ1n) is 8.79. The standard InChI is InChI=1S/C20H16Cl2FN5O/c1-12-18(19(22)28(26-12)9-13-2-5-15(23)6-3-13)20(29)24-8-16-11-27-10-14(21)4-7-17(27)25-16/h2-7,10-11H,8-9H2,1H3,(H,24,29). The predicted octanol–water partition coefficient (Wildman–Crippen LogP) is 4.26. The Bertz CT molecular complexity index is 1200. The lowest BCUT2D eigenvalue weighted by Gasteiger charge is -2.05. The van der Waals surface area contributed by atoms with Crippen molar-refractivity contribution in [1.29, 1.82) is 0 Å². The average Bonchev–Trinajstić information content (AvgIpc) is 3.21. The van der Waals surface area contributed by atoms with E-state index in [2.05, 4.69) is 15.4 Å². The van der Waals surface area contributed by atoms with E-state index >= 15 is 0 Å². The number of fused-ring (bicyclic) bond motifs is 1. The molecule has 0 fully saturated rings. The number of nitrogens with one attached hydrogen (secondary N) is 1. The van der Waals surface area contributed by atoms with Crippen molar-refractivity contribution in [3.8, 4) is 0 Å². The number of imidazole rings is 1. The summed E-state index contributed by atoms with van der Waals surface area (Å²) in [5, 5.41) is 7.99. The number of amides is 1. The highest BCUT2D eigenvalue weighted by molar-refractivity contribution is 6.33. The molecule has 0 radical (unpaired) electrons. The molecule has 0 saturated carbocycles. The van der Waals surface area contributed by atoms with Crippen LogP contribution in [0, 0.1) is 12.7 Å². The number of benzene rings is 1. The van der Waals surface area contributed by atoms with Crippen LogP contribution in [0.2, 0.25) is 10.2 Å². The van der Waals surface area contributed by atoms with Gasteiger partial charge in [0.15, 0.2) is 0 Å². The van der Waals surface area contributed by atoms with E-state index in [0.717, 1.165) is 11.2 Å². The van der Waals surface area contributed by atoms with E-state index in [-0.39, 0.29) is 23.4 Å². The lowest BCUT2D eigenvalue weighted by Crippen LogP contribution is -2.23. The van der Waals surface area contributed by atoms with Gasteiger partial charge in [-0.3, -0.25) is 4.79 Å². The number of aromatic nitrogens is 4. The minimum Gasteiger partial charge on any atom is -0.346 e. The van der Waals surface area contributed by atoms with Gasteiger partial charge in [0.25, 0.3) is 5.91 Å². The fraction of sp³-hybridized carbons (Fsp3) is 0.150. The highest BCUT2D eigenvalue weighted by Gasteiger charge is 2.20. The molecule has 0 spiro atoms. The smallest absolute Gasteiger partial charge is 0.256 e. The summed E-state index contributed by atoms with van der Waals surface area (Å²) in [6, 6.07) is 9.60. The number of nitrogens with zero attached hydrogens (tertiary/aromatic N) is 4. The zero-order valence-electron chi connectivity index (χ0n) is 15.4. The third-order valence-electron chi connectivity index (χ3n) is 4.43. The van der Waals surface area contributed by atoms with Crippen LogP contribution in [-0.2, 0) is 13.1 Å². The summed E-state index contributed by atoms with van der Waals surface area (Å²) in [6.45, 7) is 2.28. The largest absolute Gasteiger partial charge is 0.346 e. The van der Waals surface area contributed by atoms with E-state index in [4.69, 9.17) is 23.2 Å². The molecule has 148 valence electrons. The molecule has 0 aliphatic heterocycles. The first kappa shape index (κ1) is 19.4. The summed E-state index contributed by atoms with van der Waals surface area (Å²) in [5.41, 5.74) is 3.07. The molecule has 0 aliphatic rings. The summed E-state index contributed by atoms with van der Waals surface area (Å²) < 4.78 is 16.4. The molecule has 0 saturated heterocycles. The molecule has 1 aromatic carbocycles. The first-order valence-corrected chi connectivity index (χ1v) is 9.55. The van der Waals surface area contributed by atoms with E-state index in [1.54, 1.807) is 48.0 Å². The normalized spacial score (nSPS) is 11.2. The Labute approximate surface area is 175 Å². The number of halogens is 3. The summed E-state index contributed by atoms with van der Waals surface area (Å²) in [5.74, 6) is -0.654. The molecule has 9 heteroatoms. The molecule has 3 aromatic heterocycles. The molecule has 3 heterocycles. The first-order chi connectivity index (χ1) is 13.9. The van der Waals surface area contributed by atoms with Gasteiger partial charge in [0, 0.05) is 12.4 Å². The molecule has 4 aromatic rings.